The molecule has 1 aliphatic heterocycles. The zero-order chi connectivity index (χ0) is 24.6. The Labute approximate surface area is 201 Å². The molecular weight excluding hydrogens is 459 g/mol. The zero-order valence-corrected chi connectivity index (χ0v) is 20.1. The smallest absolute Gasteiger partial charge is 0.350 e. The molecule has 0 bridgehead atoms. The van der Waals surface area contributed by atoms with Crippen molar-refractivity contribution in [2.45, 2.75) is 39.7 Å². The summed E-state index contributed by atoms with van der Waals surface area (Å²) in [5.41, 5.74) is 1.80. The molecule has 178 valence electrons. The summed E-state index contributed by atoms with van der Waals surface area (Å²) in [4.78, 5) is 42.3. The number of fused-ring (bicyclic) bond motifs is 1. The van der Waals surface area contributed by atoms with Gasteiger partial charge in [-0.3, -0.25) is 9.78 Å². The number of carbonyl (C=O) groups is 1. The minimum atomic E-state index is -0.702. The summed E-state index contributed by atoms with van der Waals surface area (Å²) in [6.07, 6.45) is 4.46. The Morgan fingerprint density at radius 1 is 1.35 bits per heavy atom. The Morgan fingerprint density at radius 2 is 2.12 bits per heavy atom. The first-order chi connectivity index (χ1) is 16.3. The highest BCUT2D eigenvalue weighted by atomic mass is 35.5. The van der Waals surface area contributed by atoms with Gasteiger partial charge < -0.3 is 9.80 Å². The van der Waals surface area contributed by atoms with Crippen LogP contribution in [0.5, 0.6) is 0 Å². The molecule has 0 N–H and O–H groups in total. The van der Waals surface area contributed by atoms with Crippen LogP contribution in [0.4, 0.5) is 10.2 Å². The number of carbonyl (C=O) groups excluding carboxylic acids is 1. The molecule has 0 spiro atoms. The molecule has 4 heterocycles. The minimum Gasteiger partial charge on any atom is -0.350 e. The van der Waals surface area contributed by atoms with E-state index < -0.39 is 11.5 Å². The topological polar surface area (TPSA) is 84.2 Å². The molecule has 10 heteroatoms. The van der Waals surface area contributed by atoms with E-state index in [2.05, 4.69) is 21.5 Å². The van der Waals surface area contributed by atoms with Crippen LogP contribution in [0.15, 0.2) is 35.8 Å². The molecule has 34 heavy (non-hydrogen) atoms. The Bertz CT molecular complexity index is 1340. The van der Waals surface area contributed by atoms with E-state index in [0.717, 1.165) is 17.7 Å². The standard InChI is InChI=1S/C24H26ClFN6O2/c1-5-7-18-20(14(3)8-9-27-18)32-23-16(12-17(26)21(25)28-23)22(29-24(32)34)31-11-10-30(13-15(31)4)19(33)6-2/h6,8-9,12,15H,2,5,7,10-11,13H2,1,3-4H3/t15-/m0/s1. The molecule has 0 aromatic carbocycles. The maximum Gasteiger partial charge on any atom is 0.355 e. The maximum atomic E-state index is 14.6. The Morgan fingerprint density at radius 3 is 2.79 bits per heavy atom. The van der Waals surface area contributed by atoms with Gasteiger partial charge in [-0.25, -0.2) is 18.7 Å². The summed E-state index contributed by atoms with van der Waals surface area (Å²) in [6, 6.07) is 2.91. The van der Waals surface area contributed by atoms with Crippen LogP contribution < -0.4 is 10.6 Å². The van der Waals surface area contributed by atoms with Crippen molar-refractivity contribution in [3.63, 3.8) is 0 Å². The van der Waals surface area contributed by atoms with Crippen molar-refractivity contribution in [2.24, 2.45) is 0 Å². The molecule has 1 atom stereocenters. The quantitative estimate of drug-likeness (QED) is 0.407. The lowest BCUT2D eigenvalue weighted by Gasteiger charge is -2.40. The van der Waals surface area contributed by atoms with Crippen LogP contribution in [0.2, 0.25) is 5.15 Å². The van der Waals surface area contributed by atoms with Gasteiger partial charge in [-0.15, -0.1) is 0 Å². The molecule has 3 aromatic rings. The molecule has 0 saturated carbocycles. The molecular formula is C24H26ClFN6O2. The summed E-state index contributed by atoms with van der Waals surface area (Å²) >= 11 is 6.07. The summed E-state index contributed by atoms with van der Waals surface area (Å²) in [5.74, 6) is -0.543. The SMILES string of the molecule is C=CC(=O)N1CCN(c2nc(=O)n(-c3c(C)ccnc3CCC)c3nc(Cl)c(F)cc23)[C@@H](C)C1. The second-order valence-corrected chi connectivity index (χ2v) is 8.75. The number of nitrogens with zero attached hydrogens (tertiary/aromatic N) is 6. The lowest BCUT2D eigenvalue weighted by atomic mass is 10.1. The zero-order valence-electron chi connectivity index (χ0n) is 19.4. The van der Waals surface area contributed by atoms with Gasteiger partial charge in [-0.2, -0.15) is 4.98 Å². The van der Waals surface area contributed by atoms with Crippen molar-refractivity contribution < 1.29 is 9.18 Å². The highest BCUT2D eigenvalue weighted by molar-refractivity contribution is 6.30. The van der Waals surface area contributed by atoms with Gasteiger partial charge in [0.15, 0.2) is 16.6 Å². The van der Waals surface area contributed by atoms with Crippen molar-refractivity contribution in [1.29, 1.82) is 0 Å². The molecule has 3 aromatic heterocycles. The molecule has 0 unspecified atom stereocenters. The third kappa shape index (κ3) is 4.16. The lowest BCUT2D eigenvalue weighted by molar-refractivity contribution is -0.126. The Hall–Kier alpha value is -3.33. The van der Waals surface area contributed by atoms with E-state index in [-0.39, 0.29) is 22.7 Å². The van der Waals surface area contributed by atoms with E-state index in [1.165, 1.54) is 16.7 Å². The molecule has 0 radical (unpaired) electrons. The van der Waals surface area contributed by atoms with Gasteiger partial charge in [-0.05, 0) is 44.0 Å². The number of piperazine rings is 1. The molecule has 1 aliphatic rings. The third-order valence-corrected chi connectivity index (χ3v) is 6.32. The average molecular weight is 485 g/mol. The number of rotatable bonds is 5. The normalized spacial score (nSPS) is 16.2. The molecule has 1 saturated heterocycles. The van der Waals surface area contributed by atoms with E-state index in [1.807, 2.05) is 31.7 Å². The molecule has 4 rings (SSSR count). The van der Waals surface area contributed by atoms with Crippen molar-refractivity contribution in [3.8, 4) is 5.69 Å². The molecule has 0 aliphatic carbocycles. The summed E-state index contributed by atoms with van der Waals surface area (Å²) in [5, 5.41) is 0.0355. The summed E-state index contributed by atoms with van der Waals surface area (Å²) < 4.78 is 16.0. The lowest BCUT2D eigenvalue weighted by Crippen LogP contribution is -2.54. The second-order valence-electron chi connectivity index (χ2n) is 8.39. The number of hydrogen-bond donors (Lipinski definition) is 0. The molecule has 1 fully saturated rings. The number of anilines is 1. The fraction of sp³-hybridized carbons (Fsp3) is 0.375. The first-order valence-electron chi connectivity index (χ1n) is 11.2. The fourth-order valence-electron chi connectivity index (χ4n) is 4.44. The highest BCUT2D eigenvalue weighted by Gasteiger charge is 2.30. The van der Waals surface area contributed by atoms with Gasteiger partial charge in [0.25, 0.3) is 0 Å². The van der Waals surface area contributed by atoms with Crippen LogP contribution >= 0.6 is 11.6 Å². The molecule has 8 nitrogen and oxygen atoms in total. The predicted octanol–water partition coefficient (Wildman–Crippen LogP) is 3.45. The Balaban J connectivity index is 1.94. The Kier molecular flexibility index (Phi) is 6.65. The van der Waals surface area contributed by atoms with Gasteiger partial charge in [0.2, 0.25) is 5.91 Å². The summed E-state index contributed by atoms with van der Waals surface area (Å²) in [6.45, 7) is 10.6. The number of hydrogen-bond acceptors (Lipinski definition) is 6. The number of amides is 1. The van der Waals surface area contributed by atoms with Gasteiger partial charge in [0.1, 0.15) is 5.82 Å². The van der Waals surface area contributed by atoms with E-state index in [4.69, 9.17) is 11.6 Å². The second kappa shape index (κ2) is 9.50. The van der Waals surface area contributed by atoms with Gasteiger partial charge in [-0.1, -0.05) is 31.5 Å². The van der Waals surface area contributed by atoms with E-state index >= 15 is 0 Å². The van der Waals surface area contributed by atoms with Crippen LogP contribution in [-0.4, -0.2) is 56.0 Å². The van der Waals surface area contributed by atoms with E-state index in [9.17, 15) is 14.0 Å². The van der Waals surface area contributed by atoms with Crippen LogP contribution in [0, 0.1) is 12.7 Å². The average Bonchev–Trinajstić information content (AvgIpc) is 2.81. The van der Waals surface area contributed by atoms with Crippen molar-refractivity contribution in [1.82, 2.24) is 24.4 Å². The largest absolute Gasteiger partial charge is 0.355 e. The first kappa shape index (κ1) is 23.8. The van der Waals surface area contributed by atoms with Gasteiger partial charge in [0.05, 0.1) is 16.8 Å². The van der Waals surface area contributed by atoms with Crippen molar-refractivity contribution >= 4 is 34.4 Å². The van der Waals surface area contributed by atoms with Crippen LogP contribution in [0.3, 0.4) is 0 Å². The minimum absolute atomic E-state index is 0.158. The number of aromatic nitrogens is 4. The van der Waals surface area contributed by atoms with Gasteiger partial charge >= 0.3 is 5.69 Å². The predicted molar refractivity (Wildman–Crippen MR) is 130 cm³/mol. The highest BCUT2D eigenvalue weighted by Crippen LogP contribution is 2.30. The first-order valence-corrected chi connectivity index (χ1v) is 11.6. The van der Waals surface area contributed by atoms with E-state index in [1.54, 1.807) is 11.1 Å². The van der Waals surface area contributed by atoms with E-state index in [0.29, 0.717) is 42.9 Å². The van der Waals surface area contributed by atoms with Crippen molar-refractivity contribution in [3.05, 3.63) is 63.7 Å². The van der Waals surface area contributed by atoms with Crippen LogP contribution in [0.1, 0.15) is 31.5 Å². The van der Waals surface area contributed by atoms with Crippen molar-refractivity contribution in [2.75, 3.05) is 24.5 Å². The number of aryl methyl sites for hydroxylation is 2. The van der Waals surface area contributed by atoms with Crippen LogP contribution in [0.25, 0.3) is 16.7 Å². The number of halogens is 2. The summed E-state index contributed by atoms with van der Waals surface area (Å²) in [7, 11) is 0. The monoisotopic (exact) mass is 484 g/mol. The fourth-order valence-corrected chi connectivity index (χ4v) is 4.57. The maximum absolute atomic E-state index is 14.6. The van der Waals surface area contributed by atoms with Crippen LogP contribution in [-0.2, 0) is 11.2 Å². The molecule has 1 amide bonds. The van der Waals surface area contributed by atoms with Gasteiger partial charge in [0, 0.05) is 31.9 Å². The number of pyridine rings is 2. The third-order valence-electron chi connectivity index (χ3n) is 6.06.